The molecule has 2 aromatic rings. The second kappa shape index (κ2) is 5.21. The van der Waals surface area contributed by atoms with Crippen molar-refractivity contribution in [3.63, 3.8) is 0 Å². The van der Waals surface area contributed by atoms with Crippen LogP contribution in [0.1, 0.15) is 10.4 Å². The van der Waals surface area contributed by atoms with Gasteiger partial charge in [0.15, 0.2) is 0 Å². The molecule has 1 heterocycles. The van der Waals surface area contributed by atoms with E-state index in [1.807, 2.05) is 25.1 Å². The second-order valence-corrected chi connectivity index (χ2v) is 5.82. The summed E-state index contributed by atoms with van der Waals surface area (Å²) in [5.41, 5.74) is 2.19. The molecule has 0 saturated heterocycles. The number of halogens is 2. The van der Waals surface area contributed by atoms with Crippen molar-refractivity contribution in [3.8, 4) is 0 Å². The number of benzene rings is 1. The molecule has 0 amide bonds. The lowest BCUT2D eigenvalue weighted by molar-refractivity contribution is 1.18. The SMILES string of the molecule is Cc1c(Cl)cccc1NCc1cc(Br)cs1. The van der Waals surface area contributed by atoms with E-state index in [0.29, 0.717) is 0 Å². The van der Waals surface area contributed by atoms with Gasteiger partial charge in [0.05, 0.1) is 0 Å². The third-order valence-corrected chi connectivity index (χ3v) is 4.45. The summed E-state index contributed by atoms with van der Waals surface area (Å²) >= 11 is 11.2. The molecule has 0 fully saturated rings. The number of rotatable bonds is 3. The molecule has 0 aliphatic carbocycles. The molecule has 16 heavy (non-hydrogen) atoms. The number of nitrogens with one attached hydrogen (secondary N) is 1. The van der Waals surface area contributed by atoms with E-state index >= 15 is 0 Å². The zero-order valence-electron chi connectivity index (χ0n) is 8.76. The van der Waals surface area contributed by atoms with E-state index in [4.69, 9.17) is 11.6 Å². The summed E-state index contributed by atoms with van der Waals surface area (Å²) in [6.07, 6.45) is 0. The minimum Gasteiger partial charge on any atom is -0.380 e. The van der Waals surface area contributed by atoms with Crippen LogP contribution in [0.3, 0.4) is 0 Å². The third kappa shape index (κ3) is 2.78. The number of anilines is 1. The van der Waals surface area contributed by atoms with Gasteiger partial charge >= 0.3 is 0 Å². The standard InChI is InChI=1S/C12H11BrClNS/c1-8-11(14)3-2-4-12(8)15-6-10-5-9(13)7-16-10/h2-5,7,15H,6H2,1H3. The van der Waals surface area contributed by atoms with Gasteiger partial charge in [0, 0.05) is 32.0 Å². The van der Waals surface area contributed by atoms with Gasteiger partial charge in [-0.2, -0.15) is 0 Å². The number of hydrogen-bond acceptors (Lipinski definition) is 2. The van der Waals surface area contributed by atoms with Crippen LogP contribution in [-0.4, -0.2) is 0 Å². The molecule has 0 aliphatic rings. The molecule has 0 saturated carbocycles. The second-order valence-electron chi connectivity index (χ2n) is 3.50. The lowest BCUT2D eigenvalue weighted by atomic mass is 10.2. The Morgan fingerprint density at radius 2 is 2.25 bits per heavy atom. The van der Waals surface area contributed by atoms with Gasteiger partial charge < -0.3 is 5.32 Å². The van der Waals surface area contributed by atoms with Crippen molar-refractivity contribution < 1.29 is 0 Å². The van der Waals surface area contributed by atoms with Crippen molar-refractivity contribution in [1.82, 2.24) is 0 Å². The number of thiophene rings is 1. The molecular formula is C12H11BrClNS. The summed E-state index contributed by atoms with van der Waals surface area (Å²) in [4.78, 5) is 1.30. The van der Waals surface area contributed by atoms with E-state index in [9.17, 15) is 0 Å². The summed E-state index contributed by atoms with van der Waals surface area (Å²) in [7, 11) is 0. The zero-order chi connectivity index (χ0) is 11.5. The predicted octanol–water partition coefficient (Wildman–Crippen LogP) is 5.08. The maximum Gasteiger partial charge on any atom is 0.0494 e. The minimum atomic E-state index is 0.803. The van der Waals surface area contributed by atoms with E-state index in [-0.39, 0.29) is 0 Å². The Morgan fingerprint density at radius 3 is 2.94 bits per heavy atom. The molecule has 4 heteroatoms. The van der Waals surface area contributed by atoms with Crippen molar-refractivity contribution in [2.24, 2.45) is 0 Å². The first kappa shape index (κ1) is 12.0. The largest absolute Gasteiger partial charge is 0.380 e. The molecule has 1 aromatic heterocycles. The summed E-state index contributed by atoms with van der Waals surface area (Å²) < 4.78 is 1.14. The summed E-state index contributed by atoms with van der Waals surface area (Å²) in [5.74, 6) is 0. The fraction of sp³-hybridized carbons (Fsp3) is 0.167. The minimum absolute atomic E-state index is 0.803. The zero-order valence-corrected chi connectivity index (χ0v) is 11.9. The average Bonchev–Trinajstić information content (AvgIpc) is 2.67. The van der Waals surface area contributed by atoms with Crippen LogP contribution in [0, 0.1) is 6.92 Å². The lowest BCUT2D eigenvalue weighted by Gasteiger charge is -2.09. The van der Waals surface area contributed by atoms with Crippen LogP contribution < -0.4 is 5.32 Å². The Balaban J connectivity index is 2.07. The summed E-state index contributed by atoms with van der Waals surface area (Å²) in [6, 6.07) is 8.03. The molecule has 1 N–H and O–H groups in total. The van der Waals surface area contributed by atoms with Gasteiger partial charge in [-0.25, -0.2) is 0 Å². The highest BCUT2D eigenvalue weighted by Crippen LogP contribution is 2.25. The molecule has 2 rings (SSSR count). The van der Waals surface area contributed by atoms with Crippen molar-refractivity contribution in [1.29, 1.82) is 0 Å². The first-order chi connectivity index (χ1) is 7.66. The first-order valence-electron chi connectivity index (χ1n) is 4.88. The Labute approximate surface area is 113 Å². The van der Waals surface area contributed by atoms with Crippen LogP contribution in [0.4, 0.5) is 5.69 Å². The molecule has 0 radical (unpaired) electrons. The summed E-state index contributed by atoms with van der Waals surface area (Å²) in [6.45, 7) is 2.85. The van der Waals surface area contributed by atoms with Crippen LogP contribution in [0.2, 0.25) is 5.02 Å². The van der Waals surface area contributed by atoms with Crippen LogP contribution in [0.15, 0.2) is 34.1 Å². The fourth-order valence-corrected chi connectivity index (χ4v) is 2.99. The predicted molar refractivity (Wildman–Crippen MR) is 75.5 cm³/mol. The third-order valence-electron chi connectivity index (χ3n) is 2.34. The lowest BCUT2D eigenvalue weighted by Crippen LogP contribution is -1.99. The van der Waals surface area contributed by atoms with Crippen LogP contribution in [0.25, 0.3) is 0 Å². The van der Waals surface area contributed by atoms with Gasteiger partial charge in [0.25, 0.3) is 0 Å². The Morgan fingerprint density at radius 1 is 1.44 bits per heavy atom. The maximum absolute atomic E-state index is 6.05. The smallest absolute Gasteiger partial charge is 0.0494 e. The monoisotopic (exact) mass is 315 g/mol. The van der Waals surface area contributed by atoms with E-state index in [0.717, 1.165) is 27.3 Å². The quantitative estimate of drug-likeness (QED) is 0.832. The molecule has 84 valence electrons. The fourth-order valence-electron chi connectivity index (χ4n) is 1.43. The molecule has 0 unspecified atom stereocenters. The maximum atomic E-state index is 6.05. The van der Waals surface area contributed by atoms with Crippen molar-refractivity contribution in [2.45, 2.75) is 13.5 Å². The Bertz CT molecular complexity index is 496. The van der Waals surface area contributed by atoms with Crippen LogP contribution >= 0.6 is 38.9 Å². The van der Waals surface area contributed by atoms with Gasteiger partial charge in [-0.1, -0.05) is 17.7 Å². The summed E-state index contributed by atoms with van der Waals surface area (Å²) in [5, 5.41) is 6.28. The molecule has 1 nitrogen and oxygen atoms in total. The van der Waals surface area contributed by atoms with Gasteiger partial charge in [0.2, 0.25) is 0 Å². The normalized spacial score (nSPS) is 10.4. The highest BCUT2D eigenvalue weighted by Gasteiger charge is 2.02. The highest BCUT2D eigenvalue weighted by atomic mass is 79.9. The van der Waals surface area contributed by atoms with E-state index < -0.39 is 0 Å². The van der Waals surface area contributed by atoms with Gasteiger partial charge in [-0.3, -0.25) is 0 Å². The van der Waals surface area contributed by atoms with Gasteiger partial charge in [-0.05, 0) is 46.6 Å². The molecule has 1 aromatic carbocycles. The molecule has 0 bridgehead atoms. The number of hydrogen-bond donors (Lipinski definition) is 1. The van der Waals surface area contributed by atoms with Crippen molar-refractivity contribution in [3.05, 3.63) is 49.6 Å². The molecular weight excluding hydrogens is 306 g/mol. The van der Waals surface area contributed by atoms with E-state index in [1.165, 1.54) is 4.88 Å². The van der Waals surface area contributed by atoms with Gasteiger partial charge in [0.1, 0.15) is 0 Å². The van der Waals surface area contributed by atoms with E-state index in [2.05, 4.69) is 32.7 Å². The van der Waals surface area contributed by atoms with Crippen molar-refractivity contribution in [2.75, 3.05) is 5.32 Å². The average molecular weight is 317 g/mol. The van der Waals surface area contributed by atoms with Crippen molar-refractivity contribution >= 4 is 44.6 Å². The molecule has 0 atom stereocenters. The van der Waals surface area contributed by atoms with Crippen LogP contribution in [0.5, 0.6) is 0 Å². The topological polar surface area (TPSA) is 12.0 Å². The highest BCUT2D eigenvalue weighted by molar-refractivity contribution is 9.10. The van der Waals surface area contributed by atoms with E-state index in [1.54, 1.807) is 11.3 Å². The first-order valence-corrected chi connectivity index (χ1v) is 6.94. The molecule has 0 spiro atoms. The Hall–Kier alpha value is -0.510. The molecule has 0 aliphatic heterocycles. The Kier molecular flexibility index (Phi) is 3.90. The van der Waals surface area contributed by atoms with Crippen LogP contribution in [-0.2, 0) is 6.54 Å². The van der Waals surface area contributed by atoms with Gasteiger partial charge in [-0.15, -0.1) is 11.3 Å².